The fraction of sp³-hybridized carbons (Fsp3) is 0.500. The number of rotatable bonds is 4. The van der Waals surface area contributed by atoms with Gasteiger partial charge in [0.2, 0.25) is 0 Å². The summed E-state index contributed by atoms with van der Waals surface area (Å²) < 4.78 is 17.6. The van der Waals surface area contributed by atoms with Crippen LogP contribution in [0.1, 0.15) is 0 Å². The quantitative estimate of drug-likeness (QED) is 0.616. The van der Waals surface area contributed by atoms with Gasteiger partial charge in [-0.15, -0.1) is 0 Å². The van der Waals surface area contributed by atoms with Crippen molar-refractivity contribution in [3.63, 3.8) is 0 Å². The van der Waals surface area contributed by atoms with Crippen molar-refractivity contribution in [2.45, 2.75) is 4.83 Å². The molecule has 0 spiro atoms. The SMILES string of the molecule is COC(=O)C(Br)CN1CCN(c2ccc(F)cc2)CC1. The van der Waals surface area contributed by atoms with E-state index in [-0.39, 0.29) is 16.6 Å². The third kappa shape index (κ3) is 3.93. The molecule has 2 rings (SSSR count). The van der Waals surface area contributed by atoms with Gasteiger partial charge in [-0.25, -0.2) is 4.39 Å². The highest BCUT2D eigenvalue weighted by atomic mass is 79.9. The first-order valence-electron chi connectivity index (χ1n) is 6.55. The Morgan fingerprint density at radius 1 is 1.30 bits per heavy atom. The lowest BCUT2D eigenvalue weighted by molar-refractivity contribution is -0.140. The number of hydrogen-bond acceptors (Lipinski definition) is 4. The zero-order chi connectivity index (χ0) is 14.5. The molecule has 1 fully saturated rings. The van der Waals surface area contributed by atoms with Gasteiger partial charge < -0.3 is 9.64 Å². The average Bonchev–Trinajstić information content (AvgIpc) is 2.48. The minimum absolute atomic E-state index is 0.215. The van der Waals surface area contributed by atoms with E-state index in [1.165, 1.54) is 19.2 Å². The van der Waals surface area contributed by atoms with Crippen LogP contribution in [0.5, 0.6) is 0 Å². The van der Waals surface area contributed by atoms with Crippen LogP contribution in [-0.4, -0.2) is 55.5 Å². The second-order valence-corrected chi connectivity index (χ2v) is 5.86. The Hall–Kier alpha value is -1.14. The summed E-state index contributed by atoms with van der Waals surface area (Å²) in [5, 5.41) is 0. The Morgan fingerprint density at radius 2 is 1.90 bits per heavy atom. The first-order valence-corrected chi connectivity index (χ1v) is 7.46. The van der Waals surface area contributed by atoms with Crippen LogP contribution in [0.25, 0.3) is 0 Å². The minimum Gasteiger partial charge on any atom is -0.468 e. The first kappa shape index (κ1) is 15.3. The second kappa shape index (κ2) is 7.04. The fourth-order valence-corrected chi connectivity index (χ4v) is 2.87. The van der Waals surface area contributed by atoms with Crippen LogP contribution >= 0.6 is 15.9 Å². The van der Waals surface area contributed by atoms with Crippen molar-refractivity contribution in [2.24, 2.45) is 0 Å². The molecular weight excluding hydrogens is 327 g/mol. The van der Waals surface area contributed by atoms with Crippen LogP contribution in [-0.2, 0) is 9.53 Å². The molecule has 1 atom stereocenters. The largest absolute Gasteiger partial charge is 0.468 e. The molecule has 0 aliphatic carbocycles. The van der Waals surface area contributed by atoms with Gasteiger partial charge in [0.25, 0.3) is 0 Å². The fourth-order valence-electron chi connectivity index (χ4n) is 2.27. The van der Waals surface area contributed by atoms with E-state index in [0.717, 1.165) is 31.9 Å². The van der Waals surface area contributed by atoms with Crippen LogP contribution in [0.15, 0.2) is 24.3 Å². The molecule has 0 aromatic heterocycles. The van der Waals surface area contributed by atoms with Crippen LogP contribution < -0.4 is 4.90 Å². The summed E-state index contributed by atoms with van der Waals surface area (Å²) in [5.41, 5.74) is 1.04. The van der Waals surface area contributed by atoms with Crippen molar-refractivity contribution in [2.75, 3.05) is 44.7 Å². The topological polar surface area (TPSA) is 32.8 Å². The molecule has 4 nitrogen and oxygen atoms in total. The molecule has 1 unspecified atom stereocenters. The van der Waals surface area contributed by atoms with E-state index in [9.17, 15) is 9.18 Å². The zero-order valence-electron chi connectivity index (χ0n) is 11.4. The van der Waals surface area contributed by atoms with E-state index in [0.29, 0.717) is 6.54 Å². The Labute approximate surface area is 126 Å². The van der Waals surface area contributed by atoms with Gasteiger partial charge in [-0.1, -0.05) is 15.9 Å². The molecule has 1 aromatic carbocycles. The molecular formula is C14H18BrFN2O2. The summed E-state index contributed by atoms with van der Waals surface area (Å²) >= 11 is 3.34. The summed E-state index contributed by atoms with van der Waals surface area (Å²) in [6.45, 7) is 4.12. The summed E-state index contributed by atoms with van der Waals surface area (Å²) in [6.07, 6.45) is 0. The number of carbonyl (C=O) groups is 1. The van der Waals surface area contributed by atoms with Crippen LogP contribution in [0.2, 0.25) is 0 Å². The van der Waals surface area contributed by atoms with Gasteiger partial charge in [-0.05, 0) is 24.3 Å². The molecule has 0 radical (unpaired) electrons. The molecule has 20 heavy (non-hydrogen) atoms. The van der Waals surface area contributed by atoms with Gasteiger partial charge in [0.15, 0.2) is 0 Å². The number of benzene rings is 1. The molecule has 110 valence electrons. The highest BCUT2D eigenvalue weighted by molar-refractivity contribution is 9.10. The Morgan fingerprint density at radius 3 is 2.45 bits per heavy atom. The lowest BCUT2D eigenvalue weighted by atomic mass is 10.2. The van der Waals surface area contributed by atoms with Gasteiger partial charge in [0.1, 0.15) is 10.6 Å². The number of alkyl halides is 1. The van der Waals surface area contributed by atoms with E-state index >= 15 is 0 Å². The minimum atomic E-state index is -0.287. The Kier molecular flexibility index (Phi) is 5.37. The molecule has 1 heterocycles. The molecule has 6 heteroatoms. The Balaban J connectivity index is 1.83. The molecule has 0 bridgehead atoms. The maximum absolute atomic E-state index is 12.9. The third-order valence-corrected chi connectivity index (χ3v) is 4.10. The molecule has 0 N–H and O–H groups in total. The van der Waals surface area contributed by atoms with Gasteiger partial charge in [0, 0.05) is 38.4 Å². The standard InChI is InChI=1S/C14H18BrFN2O2/c1-20-14(19)13(15)10-17-6-8-18(9-7-17)12-4-2-11(16)3-5-12/h2-5,13H,6-10H2,1H3. The number of ether oxygens (including phenoxy) is 1. The predicted octanol–water partition coefficient (Wildman–Crippen LogP) is 1.88. The van der Waals surface area contributed by atoms with E-state index in [1.807, 2.05) is 0 Å². The zero-order valence-corrected chi connectivity index (χ0v) is 13.0. The van der Waals surface area contributed by atoms with Gasteiger partial charge in [-0.3, -0.25) is 9.69 Å². The summed E-state index contributed by atoms with van der Waals surface area (Å²) in [5.74, 6) is -0.460. The van der Waals surface area contributed by atoms with Crippen LogP contribution in [0, 0.1) is 5.82 Å². The number of methoxy groups -OCH3 is 1. The molecule has 1 aliphatic heterocycles. The lowest BCUT2D eigenvalue weighted by Crippen LogP contribution is -2.48. The van der Waals surface area contributed by atoms with Crippen LogP contribution in [0.3, 0.4) is 0 Å². The normalized spacial score (nSPS) is 17.9. The van der Waals surface area contributed by atoms with E-state index in [2.05, 4.69) is 25.7 Å². The number of anilines is 1. The van der Waals surface area contributed by atoms with Crippen molar-refractivity contribution in [1.82, 2.24) is 4.90 Å². The van der Waals surface area contributed by atoms with Crippen molar-refractivity contribution >= 4 is 27.6 Å². The predicted molar refractivity (Wildman–Crippen MR) is 79.8 cm³/mol. The molecule has 1 aromatic rings. The van der Waals surface area contributed by atoms with E-state index < -0.39 is 0 Å². The molecule has 0 amide bonds. The maximum Gasteiger partial charge on any atom is 0.320 e. The number of halogens is 2. The number of esters is 1. The highest BCUT2D eigenvalue weighted by Crippen LogP contribution is 2.17. The maximum atomic E-state index is 12.9. The Bertz CT molecular complexity index is 447. The van der Waals surface area contributed by atoms with Crippen molar-refractivity contribution in [3.8, 4) is 0 Å². The summed E-state index contributed by atoms with van der Waals surface area (Å²) in [4.78, 5) is 15.5. The second-order valence-electron chi connectivity index (χ2n) is 4.75. The first-order chi connectivity index (χ1) is 9.60. The van der Waals surface area contributed by atoms with Gasteiger partial charge in [0.05, 0.1) is 7.11 Å². The average molecular weight is 345 g/mol. The number of piperazine rings is 1. The third-order valence-electron chi connectivity index (χ3n) is 3.44. The molecule has 0 saturated carbocycles. The molecule has 1 aliphatic rings. The smallest absolute Gasteiger partial charge is 0.320 e. The van der Waals surface area contributed by atoms with Gasteiger partial charge in [-0.2, -0.15) is 0 Å². The number of hydrogen-bond donors (Lipinski definition) is 0. The van der Waals surface area contributed by atoms with Crippen molar-refractivity contribution in [3.05, 3.63) is 30.1 Å². The summed E-state index contributed by atoms with van der Waals surface area (Å²) in [7, 11) is 1.39. The van der Waals surface area contributed by atoms with Crippen molar-refractivity contribution < 1.29 is 13.9 Å². The number of nitrogens with zero attached hydrogens (tertiary/aromatic N) is 2. The monoisotopic (exact) mass is 344 g/mol. The van der Waals surface area contributed by atoms with Crippen molar-refractivity contribution in [1.29, 1.82) is 0 Å². The van der Waals surface area contributed by atoms with E-state index in [1.54, 1.807) is 12.1 Å². The van der Waals surface area contributed by atoms with Crippen LogP contribution in [0.4, 0.5) is 10.1 Å². The molecule has 1 saturated heterocycles. The number of carbonyl (C=O) groups excluding carboxylic acids is 1. The van der Waals surface area contributed by atoms with E-state index in [4.69, 9.17) is 4.74 Å². The summed E-state index contributed by atoms with van der Waals surface area (Å²) in [6, 6.07) is 6.56. The lowest BCUT2D eigenvalue weighted by Gasteiger charge is -2.36. The highest BCUT2D eigenvalue weighted by Gasteiger charge is 2.23. The van der Waals surface area contributed by atoms with Gasteiger partial charge >= 0.3 is 5.97 Å².